The summed E-state index contributed by atoms with van der Waals surface area (Å²) in [5.41, 5.74) is 0.0634. The maximum absolute atomic E-state index is 10.7. The van der Waals surface area contributed by atoms with Gasteiger partial charge in [0, 0.05) is 34.1 Å². The van der Waals surface area contributed by atoms with Crippen LogP contribution in [-0.2, 0) is 0 Å². The van der Waals surface area contributed by atoms with Crippen molar-refractivity contribution in [3.8, 4) is 10.0 Å². The number of nitro groups is 2. The van der Waals surface area contributed by atoms with Gasteiger partial charge in [0.1, 0.15) is 0 Å². The van der Waals surface area contributed by atoms with Gasteiger partial charge in [0.2, 0.25) is 0 Å². The van der Waals surface area contributed by atoms with E-state index < -0.39 is 9.85 Å². The highest BCUT2D eigenvalue weighted by Gasteiger charge is 2.15. The molecule has 30 heavy (non-hydrogen) atoms. The van der Waals surface area contributed by atoms with E-state index in [1.165, 1.54) is 70.5 Å². The third-order valence-electron chi connectivity index (χ3n) is 3.50. The number of aromatic nitrogens is 4. The van der Waals surface area contributed by atoms with Gasteiger partial charge in [0.05, 0.1) is 9.85 Å². The Balaban J connectivity index is 1.43. The minimum Gasteiger partial charge on any atom is -0.258 e. The molecule has 0 radical (unpaired) electrons. The Morgan fingerprint density at radius 1 is 0.633 bits per heavy atom. The van der Waals surface area contributed by atoms with Gasteiger partial charge >= 0.3 is 0 Å². The van der Waals surface area contributed by atoms with Crippen LogP contribution in [0.5, 0.6) is 0 Å². The Kier molecular flexibility index (Phi) is 5.98. The number of nitro benzene ring substituents is 2. The Labute approximate surface area is 184 Å². The summed E-state index contributed by atoms with van der Waals surface area (Å²) in [7, 11) is 0. The smallest absolute Gasteiger partial charge is 0.258 e. The predicted octanol–water partition coefficient (Wildman–Crippen LogP) is 5.18. The monoisotopic (exact) mass is 476 g/mol. The van der Waals surface area contributed by atoms with E-state index in [0.717, 1.165) is 9.79 Å². The van der Waals surface area contributed by atoms with Crippen molar-refractivity contribution < 1.29 is 9.85 Å². The van der Waals surface area contributed by atoms with E-state index in [0.29, 0.717) is 18.7 Å². The SMILES string of the molecule is O=[N+]([O-])c1ccc(Sc2nnc(-c3nnc(Sc4ccc([N+](=O)[O-])cc4)s3)s2)cc1. The van der Waals surface area contributed by atoms with Crippen LogP contribution in [0.25, 0.3) is 10.0 Å². The fourth-order valence-corrected chi connectivity index (χ4v) is 5.81. The molecule has 0 bridgehead atoms. The summed E-state index contributed by atoms with van der Waals surface area (Å²) < 4.78 is 1.36. The van der Waals surface area contributed by atoms with Crippen molar-refractivity contribution in [2.75, 3.05) is 0 Å². The second-order valence-corrected chi connectivity index (χ2v) is 10.0. The molecule has 0 aliphatic carbocycles. The summed E-state index contributed by atoms with van der Waals surface area (Å²) in [4.78, 5) is 22.2. The zero-order chi connectivity index (χ0) is 21.1. The summed E-state index contributed by atoms with van der Waals surface area (Å²) in [5, 5.41) is 39.2. The number of nitrogens with zero attached hydrogens (tertiary/aromatic N) is 6. The van der Waals surface area contributed by atoms with Gasteiger partial charge < -0.3 is 0 Å². The van der Waals surface area contributed by atoms with Crippen LogP contribution in [0.15, 0.2) is 67.0 Å². The van der Waals surface area contributed by atoms with Crippen LogP contribution in [0, 0.1) is 20.2 Å². The van der Waals surface area contributed by atoms with E-state index in [2.05, 4.69) is 20.4 Å². The van der Waals surface area contributed by atoms with Crippen LogP contribution in [0.4, 0.5) is 11.4 Å². The van der Waals surface area contributed by atoms with Gasteiger partial charge in [-0.2, -0.15) is 0 Å². The first-order valence-electron chi connectivity index (χ1n) is 8.00. The maximum atomic E-state index is 10.7. The van der Waals surface area contributed by atoms with Gasteiger partial charge in [-0.25, -0.2) is 0 Å². The zero-order valence-electron chi connectivity index (χ0n) is 14.6. The van der Waals surface area contributed by atoms with Gasteiger partial charge in [-0.05, 0) is 24.3 Å². The molecule has 4 rings (SSSR count). The molecule has 14 heteroatoms. The molecule has 2 aromatic heterocycles. The summed E-state index contributed by atoms with van der Waals surface area (Å²) in [6.45, 7) is 0. The lowest BCUT2D eigenvalue weighted by molar-refractivity contribution is -0.385. The highest BCUT2D eigenvalue weighted by molar-refractivity contribution is 8.01. The van der Waals surface area contributed by atoms with Gasteiger partial charge in [-0.1, -0.05) is 46.2 Å². The van der Waals surface area contributed by atoms with Gasteiger partial charge in [-0.15, -0.1) is 20.4 Å². The van der Waals surface area contributed by atoms with Crippen molar-refractivity contribution in [1.82, 2.24) is 20.4 Å². The van der Waals surface area contributed by atoms with Crippen LogP contribution >= 0.6 is 46.2 Å². The first-order chi connectivity index (χ1) is 14.5. The molecule has 0 aliphatic heterocycles. The molecule has 0 saturated heterocycles. The highest BCUT2D eigenvalue weighted by atomic mass is 32.2. The normalized spacial score (nSPS) is 10.8. The molecule has 4 aromatic rings. The molecule has 0 saturated carbocycles. The second kappa shape index (κ2) is 8.83. The minimum atomic E-state index is -0.445. The Hall–Kier alpha value is -2.94. The first-order valence-corrected chi connectivity index (χ1v) is 11.3. The Morgan fingerprint density at radius 2 is 1.00 bits per heavy atom. The number of rotatable bonds is 7. The summed E-state index contributed by atoms with van der Waals surface area (Å²) in [6.07, 6.45) is 0. The Morgan fingerprint density at radius 3 is 1.33 bits per heavy atom. The molecule has 0 aliphatic rings. The number of hydrogen-bond donors (Lipinski definition) is 0. The lowest BCUT2D eigenvalue weighted by Crippen LogP contribution is -1.86. The van der Waals surface area contributed by atoms with Gasteiger partial charge in [-0.3, -0.25) is 20.2 Å². The summed E-state index contributed by atoms with van der Waals surface area (Å²) in [6, 6.07) is 12.4. The van der Waals surface area contributed by atoms with E-state index in [1.807, 2.05) is 0 Å². The van der Waals surface area contributed by atoms with E-state index in [1.54, 1.807) is 24.3 Å². The van der Waals surface area contributed by atoms with Crippen LogP contribution in [-0.4, -0.2) is 30.2 Å². The topological polar surface area (TPSA) is 138 Å². The summed E-state index contributed by atoms with van der Waals surface area (Å²) in [5.74, 6) is 0. The van der Waals surface area contributed by atoms with Crippen LogP contribution in [0.3, 0.4) is 0 Å². The number of non-ortho nitro benzene ring substituents is 2. The molecule has 0 fully saturated rings. The van der Waals surface area contributed by atoms with Crippen LogP contribution < -0.4 is 0 Å². The fraction of sp³-hybridized carbons (Fsp3) is 0. The third kappa shape index (κ3) is 4.79. The van der Waals surface area contributed by atoms with Crippen molar-refractivity contribution in [2.45, 2.75) is 18.5 Å². The van der Waals surface area contributed by atoms with E-state index in [-0.39, 0.29) is 11.4 Å². The van der Waals surface area contributed by atoms with Crippen molar-refractivity contribution in [3.05, 3.63) is 68.8 Å². The van der Waals surface area contributed by atoms with E-state index in [4.69, 9.17) is 0 Å². The van der Waals surface area contributed by atoms with E-state index >= 15 is 0 Å². The van der Waals surface area contributed by atoms with Crippen LogP contribution in [0.2, 0.25) is 0 Å². The highest BCUT2D eigenvalue weighted by Crippen LogP contribution is 2.38. The molecule has 0 amide bonds. The Bertz CT molecular complexity index is 1110. The molecular weight excluding hydrogens is 468 g/mol. The molecule has 2 heterocycles. The first kappa shape index (κ1) is 20.3. The van der Waals surface area contributed by atoms with Gasteiger partial charge in [0.15, 0.2) is 18.7 Å². The van der Waals surface area contributed by atoms with Crippen molar-refractivity contribution >= 4 is 57.6 Å². The lowest BCUT2D eigenvalue weighted by Gasteiger charge is -1.96. The number of benzene rings is 2. The fourth-order valence-electron chi connectivity index (χ4n) is 2.15. The average Bonchev–Trinajstić information content (AvgIpc) is 3.38. The lowest BCUT2D eigenvalue weighted by atomic mass is 10.3. The third-order valence-corrected chi connectivity index (χ3v) is 7.61. The second-order valence-electron chi connectivity index (χ2n) is 5.45. The average molecular weight is 477 g/mol. The predicted molar refractivity (Wildman–Crippen MR) is 113 cm³/mol. The van der Waals surface area contributed by atoms with Gasteiger partial charge in [0.25, 0.3) is 11.4 Å². The minimum absolute atomic E-state index is 0.0317. The molecule has 0 spiro atoms. The van der Waals surface area contributed by atoms with Crippen LogP contribution in [0.1, 0.15) is 0 Å². The molecule has 2 aromatic carbocycles. The zero-order valence-corrected chi connectivity index (χ0v) is 17.8. The molecule has 0 atom stereocenters. The quantitative estimate of drug-likeness (QED) is 0.259. The molecule has 10 nitrogen and oxygen atoms in total. The molecule has 150 valence electrons. The molecule has 0 N–H and O–H groups in total. The summed E-state index contributed by atoms with van der Waals surface area (Å²) >= 11 is 5.40. The standard InChI is InChI=1S/C16H8N6O4S4/c23-21(24)9-1-5-11(6-2-9)27-15-19-17-13(29-15)14-18-20-16(30-14)28-12-7-3-10(4-8-12)22(25)26/h1-8H. The number of hydrogen-bond acceptors (Lipinski definition) is 12. The van der Waals surface area contributed by atoms with E-state index in [9.17, 15) is 20.2 Å². The largest absolute Gasteiger partial charge is 0.269 e. The maximum Gasteiger partial charge on any atom is 0.269 e. The van der Waals surface area contributed by atoms with Crippen molar-refractivity contribution in [2.24, 2.45) is 0 Å². The van der Waals surface area contributed by atoms with Crippen molar-refractivity contribution in [1.29, 1.82) is 0 Å². The molecular formula is C16H8N6O4S4. The molecule has 0 unspecified atom stereocenters. The van der Waals surface area contributed by atoms with Crippen molar-refractivity contribution in [3.63, 3.8) is 0 Å².